The molecule has 0 aromatic carbocycles. The molecule has 0 aliphatic carbocycles. The second kappa shape index (κ2) is 5.04. The van der Waals surface area contributed by atoms with Gasteiger partial charge in [-0.3, -0.25) is 4.79 Å². The fourth-order valence-corrected chi connectivity index (χ4v) is 2.33. The average Bonchev–Trinajstić information content (AvgIpc) is 2.86. The molecule has 112 valence electrons. The number of urea groups is 1. The fraction of sp³-hybridized carbons (Fsp3) is 0.545. The van der Waals surface area contributed by atoms with Gasteiger partial charge in [0.2, 0.25) is 5.91 Å². The molecule has 3 rings (SSSR count). The lowest BCUT2D eigenvalue weighted by Crippen LogP contribution is -2.59. The van der Waals surface area contributed by atoms with E-state index in [9.17, 15) is 14.4 Å². The van der Waals surface area contributed by atoms with E-state index in [0.717, 1.165) is 0 Å². The first-order valence-electron chi connectivity index (χ1n) is 6.50. The highest BCUT2D eigenvalue weighted by Gasteiger charge is 2.36. The first-order valence-corrected chi connectivity index (χ1v) is 6.50. The zero-order valence-electron chi connectivity index (χ0n) is 11.1. The lowest BCUT2D eigenvalue weighted by molar-refractivity contribution is -0.123. The van der Waals surface area contributed by atoms with Crippen molar-refractivity contribution in [1.82, 2.24) is 30.1 Å². The Hall–Kier alpha value is -2.65. The van der Waals surface area contributed by atoms with Gasteiger partial charge in [-0.1, -0.05) is 5.21 Å². The molecule has 10 heteroatoms. The Morgan fingerprint density at radius 3 is 2.71 bits per heavy atom. The Morgan fingerprint density at radius 1 is 1.33 bits per heavy atom. The summed E-state index contributed by atoms with van der Waals surface area (Å²) in [7, 11) is 0. The Labute approximate surface area is 119 Å². The number of carbonyl (C=O) groups is 3. The van der Waals surface area contributed by atoms with Gasteiger partial charge in [-0.25, -0.2) is 14.3 Å². The van der Waals surface area contributed by atoms with Crippen LogP contribution in [0.4, 0.5) is 4.79 Å². The van der Waals surface area contributed by atoms with Crippen LogP contribution in [0.1, 0.15) is 16.5 Å². The predicted octanol–water partition coefficient (Wildman–Crippen LogP) is -1.62. The lowest BCUT2D eigenvalue weighted by atomic mass is 10.1. The standard InChI is InChI=1S/C11H14N6O4/c18-9-6-15(2-1-12-9)11(21)16-3-7(4-16)17-5-8(10(19)20)13-14-17/h5,7H,1-4,6H2,(H,12,18)(H,19,20). The van der Waals surface area contributed by atoms with Crippen molar-refractivity contribution in [3.05, 3.63) is 11.9 Å². The van der Waals surface area contributed by atoms with Crippen molar-refractivity contribution in [2.75, 3.05) is 32.7 Å². The third-order valence-electron chi connectivity index (χ3n) is 3.55. The lowest BCUT2D eigenvalue weighted by Gasteiger charge is -2.42. The third-order valence-corrected chi connectivity index (χ3v) is 3.55. The number of carbonyl (C=O) groups excluding carboxylic acids is 2. The molecule has 2 aliphatic heterocycles. The molecule has 3 heterocycles. The summed E-state index contributed by atoms with van der Waals surface area (Å²) in [5.41, 5.74) is -0.118. The topological polar surface area (TPSA) is 121 Å². The van der Waals surface area contributed by atoms with E-state index in [4.69, 9.17) is 5.11 Å². The molecule has 0 unspecified atom stereocenters. The summed E-state index contributed by atoms with van der Waals surface area (Å²) in [6.45, 7) is 1.90. The van der Waals surface area contributed by atoms with Crippen molar-refractivity contribution in [1.29, 1.82) is 0 Å². The van der Waals surface area contributed by atoms with Gasteiger partial charge in [0.05, 0.1) is 12.2 Å². The van der Waals surface area contributed by atoms with Gasteiger partial charge in [-0.05, 0) is 0 Å². The maximum absolute atomic E-state index is 12.1. The Morgan fingerprint density at radius 2 is 2.10 bits per heavy atom. The fourth-order valence-electron chi connectivity index (χ4n) is 2.33. The Kier molecular flexibility index (Phi) is 3.20. The van der Waals surface area contributed by atoms with Gasteiger partial charge in [0.15, 0.2) is 5.69 Å². The zero-order chi connectivity index (χ0) is 15.0. The highest BCUT2D eigenvalue weighted by molar-refractivity contribution is 5.85. The summed E-state index contributed by atoms with van der Waals surface area (Å²) in [4.78, 5) is 37.2. The number of carboxylic acids is 1. The largest absolute Gasteiger partial charge is 0.476 e. The number of amides is 3. The summed E-state index contributed by atoms with van der Waals surface area (Å²) in [6.07, 6.45) is 1.35. The van der Waals surface area contributed by atoms with E-state index in [1.54, 1.807) is 4.90 Å². The van der Waals surface area contributed by atoms with Crippen LogP contribution in [-0.2, 0) is 4.79 Å². The second-order valence-electron chi connectivity index (χ2n) is 5.00. The number of aromatic carboxylic acids is 1. The quantitative estimate of drug-likeness (QED) is 0.676. The van der Waals surface area contributed by atoms with Crippen LogP contribution < -0.4 is 5.32 Å². The summed E-state index contributed by atoms with van der Waals surface area (Å²) in [6, 6.07) is -0.257. The van der Waals surface area contributed by atoms with E-state index >= 15 is 0 Å². The molecule has 2 fully saturated rings. The molecule has 0 bridgehead atoms. The van der Waals surface area contributed by atoms with Gasteiger partial charge in [0.25, 0.3) is 0 Å². The molecule has 2 saturated heterocycles. The van der Waals surface area contributed by atoms with Crippen molar-refractivity contribution < 1.29 is 19.5 Å². The van der Waals surface area contributed by atoms with E-state index in [1.165, 1.54) is 15.8 Å². The molecule has 2 N–H and O–H groups in total. The molecule has 1 aromatic rings. The summed E-state index contributed by atoms with van der Waals surface area (Å²) in [5, 5.41) is 18.7. The van der Waals surface area contributed by atoms with Gasteiger partial charge in [0.1, 0.15) is 6.54 Å². The van der Waals surface area contributed by atoms with Crippen LogP contribution in [0.5, 0.6) is 0 Å². The van der Waals surface area contributed by atoms with Crippen molar-refractivity contribution in [3.8, 4) is 0 Å². The van der Waals surface area contributed by atoms with Gasteiger partial charge < -0.3 is 20.2 Å². The molecule has 1 aromatic heterocycles. The monoisotopic (exact) mass is 294 g/mol. The minimum atomic E-state index is -1.13. The van der Waals surface area contributed by atoms with Crippen molar-refractivity contribution in [3.63, 3.8) is 0 Å². The van der Waals surface area contributed by atoms with Crippen molar-refractivity contribution >= 4 is 17.9 Å². The molecule has 21 heavy (non-hydrogen) atoms. The number of nitrogens with zero attached hydrogens (tertiary/aromatic N) is 5. The van der Waals surface area contributed by atoms with Crippen LogP contribution in [0.15, 0.2) is 6.20 Å². The number of aromatic nitrogens is 3. The SMILES string of the molecule is O=C1CN(C(=O)N2CC(n3cc(C(=O)O)nn3)C2)CCN1. The van der Waals surface area contributed by atoms with E-state index < -0.39 is 5.97 Å². The van der Waals surface area contributed by atoms with Crippen molar-refractivity contribution in [2.24, 2.45) is 0 Å². The number of hydrogen-bond donors (Lipinski definition) is 2. The summed E-state index contributed by atoms with van der Waals surface area (Å²) in [5.74, 6) is -1.29. The van der Waals surface area contributed by atoms with Crippen molar-refractivity contribution in [2.45, 2.75) is 6.04 Å². The highest BCUT2D eigenvalue weighted by atomic mass is 16.4. The second-order valence-corrected chi connectivity index (χ2v) is 5.00. The maximum atomic E-state index is 12.1. The molecular formula is C11H14N6O4. The van der Waals surface area contributed by atoms with Crippen LogP contribution in [0.3, 0.4) is 0 Å². The van der Waals surface area contributed by atoms with Crippen LogP contribution >= 0.6 is 0 Å². The number of rotatable bonds is 2. The van der Waals surface area contributed by atoms with Gasteiger partial charge in [0, 0.05) is 26.2 Å². The number of carboxylic acid groups (broad SMARTS) is 1. The highest BCUT2D eigenvalue weighted by Crippen LogP contribution is 2.22. The number of hydrogen-bond acceptors (Lipinski definition) is 5. The number of nitrogens with one attached hydrogen (secondary N) is 1. The molecule has 2 aliphatic rings. The van der Waals surface area contributed by atoms with E-state index in [2.05, 4.69) is 15.6 Å². The van der Waals surface area contributed by atoms with Crippen LogP contribution in [0.25, 0.3) is 0 Å². The van der Waals surface area contributed by atoms with E-state index in [-0.39, 0.29) is 30.2 Å². The normalized spacial score (nSPS) is 19.1. The predicted molar refractivity (Wildman–Crippen MR) is 67.6 cm³/mol. The van der Waals surface area contributed by atoms with Gasteiger partial charge >= 0.3 is 12.0 Å². The Bertz CT molecular complexity index is 593. The average molecular weight is 294 g/mol. The van der Waals surface area contributed by atoms with Crippen LogP contribution in [0, 0.1) is 0 Å². The molecule has 3 amide bonds. The van der Waals surface area contributed by atoms with E-state index in [1.807, 2.05) is 0 Å². The number of likely N-dealkylation sites (tertiary alicyclic amines) is 1. The number of piperazine rings is 1. The summed E-state index contributed by atoms with van der Waals surface area (Å²) < 4.78 is 1.45. The van der Waals surface area contributed by atoms with Crippen LogP contribution in [0.2, 0.25) is 0 Å². The first kappa shape index (κ1) is 13.3. The maximum Gasteiger partial charge on any atom is 0.358 e. The minimum absolute atomic E-state index is 0.0758. The molecule has 0 radical (unpaired) electrons. The molecule has 0 spiro atoms. The third kappa shape index (κ3) is 2.51. The van der Waals surface area contributed by atoms with Gasteiger partial charge in [-0.2, -0.15) is 0 Å². The summed E-state index contributed by atoms with van der Waals surface area (Å²) >= 11 is 0. The van der Waals surface area contributed by atoms with Gasteiger partial charge in [-0.15, -0.1) is 5.10 Å². The first-order chi connectivity index (χ1) is 10.0. The minimum Gasteiger partial charge on any atom is -0.476 e. The molecule has 0 atom stereocenters. The smallest absolute Gasteiger partial charge is 0.358 e. The zero-order valence-corrected chi connectivity index (χ0v) is 11.1. The van der Waals surface area contributed by atoms with Crippen LogP contribution in [-0.4, -0.2) is 80.5 Å². The molecular weight excluding hydrogens is 280 g/mol. The Balaban J connectivity index is 1.56. The molecule has 10 nitrogen and oxygen atoms in total. The molecule has 0 saturated carbocycles. The van der Waals surface area contributed by atoms with E-state index in [0.29, 0.717) is 26.2 Å².